The van der Waals surface area contributed by atoms with Gasteiger partial charge < -0.3 is 15.0 Å². The maximum absolute atomic E-state index is 5.48. The zero-order valence-corrected chi connectivity index (χ0v) is 10.6. The van der Waals surface area contributed by atoms with Crippen LogP contribution >= 0.6 is 0 Å². The van der Waals surface area contributed by atoms with Gasteiger partial charge in [-0.1, -0.05) is 13.3 Å². The monoisotopic (exact) mass is 226 g/mol. The first kappa shape index (κ1) is 12.3. The Balaban J connectivity index is 1.61. The fourth-order valence-electron chi connectivity index (χ4n) is 2.56. The van der Waals surface area contributed by atoms with E-state index in [0.717, 1.165) is 25.7 Å². The van der Waals surface area contributed by atoms with Gasteiger partial charge in [-0.05, 0) is 38.3 Å². The van der Waals surface area contributed by atoms with E-state index in [0.29, 0.717) is 6.04 Å². The molecular formula is C13H26N2O. The van der Waals surface area contributed by atoms with Gasteiger partial charge in [-0.2, -0.15) is 0 Å². The summed E-state index contributed by atoms with van der Waals surface area (Å²) >= 11 is 0. The molecule has 1 aliphatic heterocycles. The molecule has 16 heavy (non-hydrogen) atoms. The van der Waals surface area contributed by atoms with Crippen molar-refractivity contribution in [2.24, 2.45) is 5.92 Å². The summed E-state index contributed by atoms with van der Waals surface area (Å²) < 4.78 is 5.48. The first-order chi connectivity index (χ1) is 7.88. The number of hydrogen-bond acceptors (Lipinski definition) is 3. The number of rotatable bonds is 6. The van der Waals surface area contributed by atoms with Gasteiger partial charge in [0.1, 0.15) is 0 Å². The van der Waals surface area contributed by atoms with Gasteiger partial charge in [0.25, 0.3) is 0 Å². The minimum Gasteiger partial charge on any atom is -0.379 e. The van der Waals surface area contributed by atoms with Gasteiger partial charge in [-0.15, -0.1) is 0 Å². The Hall–Kier alpha value is -0.120. The average Bonchev–Trinajstić information content (AvgIpc) is 2.28. The lowest BCUT2D eigenvalue weighted by atomic mass is 9.85. The molecule has 1 saturated carbocycles. The second kappa shape index (κ2) is 6.58. The third-order valence-corrected chi connectivity index (χ3v) is 3.98. The molecule has 2 aliphatic rings. The standard InChI is InChI=1S/C13H26N2O/c1-2-15(10-12-4-3-5-12)8-6-13-11-16-9-7-14-13/h12-14H,2-11H2,1H3. The first-order valence-corrected chi connectivity index (χ1v) is 6.92. The molecule has 3 heteroatoms. The molecule has 1 aliphatic carbocycles. The molecule has 0 radical (unpaired) electrons. The molecule has 3 nitrogen and oxygen atoms in total. The molecule has 1 saturated heterocycles. The topological polar surface area (TPSA) is 24.5 Å². The molecule has 0 aromatic rings. The number of nitrogens with zero attached hydrogens (tertiary/aromatic N) is 1. The Labute approximate surface area is 99.5 Å². The van der Waals surface area contributed by atoms with Gasteiger partial charge in [0.2, 0.25) is 0 Å². The van der Waals surface area contributed by atoms with E-state index in [2.05, 4.69) is 17.1 Å². The molecule has 2 rings (SSSR count). The molecule has 1 heterocycles. The Morgan fingerprint density at radius 2 is 2.25 bits per heavy atom. The summed E-state index contributed by atoms with van der Waals surface area (Å²) in [4.78, 5) is 2.61. The van der Waals surface area contributed by atoms with Crippen molar-refractivity contribution in [3.8, 4) is 0 Å². The van der Waals surface area contributed by atoms with Crippen LogP contribution in [0.3, 0.4) is 0 Å². The highest BCUT2D eigenvalue weighted by molar-refractivity contribution is 4.76. The molecule has 1 unspecified atom stereocenters. The molecule has 0 spiro atoms. The SMILES string of the molecule is CCN(CCC1COCCN1)CC1CCC1. The zero-order valence-electron chi connectivity index (χ0n) is 10.6. The molecule has 0 amide bonds. The summed E-state index contributed by atoms with van der Waals surface area (Å²) in [6.45, 7) is 8.85. The van der Waals surface area contributed by atoms with Crippen LogP contribution in [0.2, 0.25) is 0 Å². The largest absolute Gasteiger partial charge is 0.379 e. The third-order valence-electron chi connectivity index (χ3n) is 3.98. The lowest BCUT2D eigenvalue weighted by Gasteiger charge is -2.33. The van der Waals surface area contributed by atoms with Crippen LogP contribution in [0.4, 0.5) is 0 Å². The molecule has 94 valence electrons. The average molecular weight is 226 g/mol. The fourth-order valence-corrected chi connectivity index (χ4v) is 2.56. The van der Waals surface area contributed by atoms with Crippen LogP contribution in [0.25, 0.3) is 0 Å². The summed E-state index contributed by atoms with van der Waals surface area (Å²) in [5, 5.41) is 3.53. The van der Waals surface area contributed by atoms with Gasteiger partial charge in [-0.3, -0.25) is 0 Å². The van der Waals surface area contributed by atoms with Crippen molar-refractivity contribution in [2.45, 2.75) is 38.6 Å². The smallest absolute Gasteiger partial charge is 0.0620 e. The van der Waals surface area contributed by atoms with Gasteiger partial charge in [0.15, 0.2) is 0 Å². The summed E-state index contributed by atoms with van der Waals surface area (Å²) in [5.74, 6) is 0.996. The van der Waals surface area contributed by atoms with E-state index in [4.69, 9.17) is 4.74 Å². The van der Waals surface area contributed by atoms with Crippen molar-refractivity contribution >= 4 is 0 Å². The number of hydrogen-bond donors (Lipinski definition) is 1. The van der Waals surface area contributed by atoms with E-state index in [1.165, 1.54) is 45.3 Å². The number of nitrogens with one attached hydrogen (secondary N) is 1. The van der Waals surface area contributed by atoms with Crippen molar-refractivity contribution in [2.75, 3.05) is 39.4 Å². The highest BCUT2D eigenvalue weighted by atomic mass is 16.5. The van der Waals surface area contributed by atoms with Gasteiger partial charge in [0, 0.05) is 19.1 Å². The third kappa shape index (κ3) is 3.72. The van der Waals surface area contributed by atoms with Crippen molar-refractivity contribution in [3.05, 3.63) is 0 Å². The Kier molecular flexibility index (Phi) is 5.07. The molecular weight excluding hydrogens is 200 g/mol. The molecule has 0 aromatic heterocycles. The Bertz CT molecular complexity index is 188. The molecule has 1 atom stereocenters. The van der Waals surface area contributed by atoms with Crippen molar-refractivity contribution < 1.29 is 4.74 Å². The van der Waals surface area contributed by atoms with E-state index in [9.17, 15) is 0 Å². The predicted octanol–water partition coefficient (Wildman–Crippen LogP) is 1.49. The van der Waals surface area contributed by atoms with E-state index >= 15 is 0 Å². The Morgan fingerprint density at radius 3 is 2.81 bits per heavy atom. The summed E-state index contributed by atoms with van der Waals surface area (Å²) in [7, 11) is 0. The Morgan fingerprint density at radius 1 is 1.38 bits per heavy atom. The summed E-state index contributed by atoms with van der Waals surface area (Å²) in [5.41, 5.74) is 0. The number of ether oxygens (including phenoxy) is 1. The maximum atomic E-state index is 5.48. The van der Waals surface area contributed by atoms with Crippen LogP contribution in [0.15, 0.2) is 0 Å². The van der Waals surface area contributed by atoms with E-state index in [-0.39, 0.29) is 0 Å². The molecule has 0 bridgehead atoms. The minimum absolute atomic E-state index is 0.587. The van der Waals surface area contributed by atoms with Crippen LogP contribution in [0.1, 0.15) is 32.6 Å². The molecule has 0 aromatic carbocycles. The van der Waals surface area contributed by atoms with Gasteiger partial charge >= 0.3 is 0 Å². The predicted molar refractivity (Wildman–Crippen MR) is 66.7 cm³/mol. The second-order valence-corrected chi connectivity index (χ2v) is 5.20. The van der Waals surface area contributed by atoms with E-state index in [1.807, 2.05) is 0 Å². The van der Waals surface area contributed by atoms with Crippen LogP contribution < -0.4 is 5.32 Å². The highest BCUT2D eigenvalue weighted by Gasteiger charge is 2.21. The van der Waals surface area contributed by atoms with Crippen LogP contribution in [-0.2, 0) is 4.74 Å². The van der Waals surface area contributed by atoms with Gasteiger partial charge in [-0.25, -0.2) is 0 Å². The lowest BCUT2D eigenvalue weighted by molar-refractivity contribution is 0.0683. The quantitative estimate of drug-likeness (QED) is 0.742. The normalized spacial score (nSPS) is 27.0. The summed E-state index contributed by atoms with van der Waals surface area (Å²) in [6.07, 6.45) is 5.61. The lowest BCUT2D eigenvalue weighted by Crippen LogP contribution is -2.44. The highest BCUT2D eigenvalue weighted by Crippen LogP contribution is 2.27. The van der Waals surface area contributed by atoms with Crippen molar-refractivity contribution in [1.29, 1.82) is 0 Å². The number of morpholine rings is 1. The van der Waals surface area contributed by atoms with Crippen molar-refractivity contribution in [3.63, 3.8) is 0 Å². The van der Waals surface area contributed by atoms with E-state index in [1.54, 1.807) is 0 Å². The molecule has 2 fully saturated rings. The zero-order chi connectivity index (χ0) is 11.2. The van der Waals surface area contributed by atoms with Crippen LogP contribution in [0.5, 0.6) is 0 Å². The maximum Gasteiger partial charge on any atom is 0.0620 e. The van der Waals surface area contributed by atoms with Crippen LogP contribution in [0, 0.1) is 5.92 Å². The van der Waals surface area contributed by atoms with E-state index < -0.39 is 0 Å². The van der Waals surface area contributed by atoms with Crippen molar-refractivity contribution in [1.82, 2.24) is 10.2 Å². The fraction of sp³-hybridized carbons (Fsp3) is 1.00. The minimum atomic E-state index is 0.587. The second-order valence-electron chi connectivity index (χ2n) is 5.20. The van der Waals surface area contributed by atoms with Crippen LogP contribution in [-0.4, -0.2) is 50.3 Å². The first-order valence-electron chi connectivity index (χ1n) is 6.92. The summed E-state index contributed by atoms with van der Waals surface area (Å²) in [6, 6.07) is 0.587. The van der Waals surface area contributed by atoms with Gasteiger partial charge in [0.05, 0.1) is 13.2 Å². The molecule has 1 N–H and O–H groups in total.